The van der Waals surface area contributed by atoms with Crippen molar-refractivity contribution in [3.63, 3.8) is 0 Å². The molecule has 37 heavy (non-hydrogen) atoms. The summed E-state index contributed by atoms with van der Waals surface area (Å²) in [6, 6.07) is 15.2. The van der Waals surface area contributed by atoms with Crippen molar-refractivity contribution in [3.8, 4) is 5.75 Å². The minimum atomic E-state index is -0.358. The second-order valence-electron chi connectivity index (χ2n) is 8.82. The number of para-hydroxylation sites is 1. The lowest BCUT2D eigenvalue weighted by Gasteiger charge is -2.15. The van der Waals surface area contributed by atoms with Crippen LogP contribution in [0.15, 0.2) is 53.7 Å². The first kappa shape index (κ1) is 24.8. The number of nitrogens with one attached hydrogen (secondary N) is 2. The van der Waals surface area contributed by atoms with Crippen molar-refractivity contribution < 1.29 is 9.53 Å². The summed E-state index contributed by atoms with van der Waals surface area (Å²) in [6.07, 6.45) is 2.10. The third-order valence-corrected chi connectivity index (χ3v) is 7.65. The normalized spacial score (nSPS) is 12.2. The van der Waals surface area contributed by atoms with Crippen molar-refractivity contribution in [1.82, 2.24) is 29.8 Å². The zero-order valence-corrected chi connectivity index (χ0v) is 22.1. The van der Waals surface area contributed by atoms with Gasteiger partial charge in [0.15, 0.2) is 16.6 Å². The monoisotopic (exact) mass is 515 g/mol. The van der Waals surface area contributed by atoms with Gasteiger partial charge < -0.3 is 10.1 Å². The largest absolute Gasteiger partial charge is 0.497 e. The highest BCUT2D eigenvalue weighted by Crippen LogP contribution is 2.29. The molecule has 190 valence electrons. The molecule has 1 atom stereocenters. The highest BCUT2D eigenvalue weighted by Gasteiger charge is 2.23. The fraction of sp³-hybridized carbons (Fsp3) is 0.296. The molecular weight excluding hydrogens is 486 g/mol. The first-order chi connectivity index (χ1) is 18.0. The number of thioether (sulfide) groups is 1. The number of nitrogens with zero attached hydrogens (tertiary/aromatic N) is 5. The van der Waals surface area contributed by atoms with Crippen molar-refractivity contribution in [2.24, 2.45) is 0 Å². The van der Waals surface area contributed by atoms with Crippen LogP contribution in [0.5, 0.6) is 5.75 Å². The summed E-state index contributed by atoms with van der Waals surface area (Å²) in [4.78, 5) is 22.9. The van der Waals surface area contributed by atoms with E-state index in [1.165, 1.54) is 17.3 Å². The van der Waals surface area contributed by atoms with Gasteiger partial charge in [0, 0.05) is 23.2 Å². The summed E-state index contributed by atoms with van der Waals surface area (Å²) in [5.74, 6) is 1.38. The summed E-state index contributed by atoms with van der Waals surface area (Å²) in [5, 5.41) is 16.4. The third-order valence-electron chi connectivity index (χ3n) is 6.34. The molecule has 2 aromatic carbocycles. The Balaban J connectivity index is 1.43. The van der Waals surface area contributed by atoms with E-state index in [0.29, 0.717) is 23.7 Å². The van der Waals surface area contributed by atoms with Crippen LogP contribution in [-0.4, -0.2) is 48.0 Å². The number of fused-ring (bicyclic) bond motifs is 3. The minimum Gasteiger partial charge on any atom is -0.497 e. The van der Waals surface area contributed by atoms with Crippen LogP contribution in [0.25, 0.3) is 16.6 Å². The lowest BCUT2D eigenvalue weighted by molar-refractivity contribution is -0.115. The molecule has 0 bridgehead atoms. The van der Waals surface area contributed by atoms with Gasteiger partial charge >= 0.3 is 0 Å². The predicted octanol–water partition coefficient (Wildman–Crippen LogP) is 4.92. The van der Waals surface area contributed by atoms with Gasteiger partial charge in [-0.15, -0.1) is 5.10 Å². The number of aromatic nitrogens is 6. The van der Waals surface area contributed by atoms with Crippen LogP contribution >= 0.6 is 11.8 Å². The Hall–Kier alpha value is -3.92. The summed E-state index contributed by atoms with van der Waals surface area (Å²) in [5.41, 5.74) is 5.54. The van der Waals surface area contributed by atoms with Crippen molar-refractivity contribution in [1.29, 1.82) is 0 Å². The predicted molar refractivity (Wildman–Crippen MR) is 145 cm³/mol. The van der Waals surface area contributed by atoms with E-state index < -0.39 is 0 Å². The van der Waals surface area contributed by atoms with E-state index in [1.807, 2.05) is 69.3 Å². The molecule has 2 N–H and O–H groups in total. The van der Waals surface area contributed by atoms with Crippen LogP contribution in [0.4, 0.5) is 5.69 Å². The first-order valence-electron chi connectivity index (χ1n) is 12.2. The number of rotatable bonds is 9. The lowest BCUT2D eigenvalue weighted by Crippen LogP contribution is -2.25. The number of anilines is 1. The van der Waals surface area contributed by atoms with Crippen molar-refractivity contribution >= 4 is 39.9 Å². The topological polar surface area (TPSA) is 110 Å². The number of aromatic amines is 1. The highest BCUT2D eigenvalue weighted by atomic mass is 32.2. The number of ether oxygens (including phenoxy) is 1. The fourth-order valence-electron chi connectivity index (χ4n) is 4.28. The van der Waals surface area contributed by atoms with Gasteiger partial charge in [-0.25, -0.2) is 9.97 Å². The number of amides is 1. The van der Waals surface area contributed by atoms with Gasteiger partial charge in [0.05, 0.1) is 23.6 Å². The first-order valence-corrected chi connectivity index (χ1v) is 13.1. The Morgan fingerprint density at radius 2 is 1.89 bits per heavy atom. The van der Waals surface area contributed by atoms with Gasteiger partial charge in [0.1, 0.15) is 5.75 Å². The van der Waals surface area contributed by atoms with Gasteiger partial charge in [-0.05, 0) is 68.7 Å². The van der Waals surface area contributed by atoms with E-state index in [9.17, 15) is 4.79 Å². The molecule has 9 nitrogen and oxygen atoms in total. The average molecular weight is 516 g/mol. The number of hydrogen-bond donors (Lipinski definition) is 2. The number of carbonyl (C=O) groups is 1. The Morgan fingerprint density at radius 1 is 1.11 bits per heavy atom. The number of H-pyrrole nitrogens is 1. The number of hydrogen-bond acceptors (Lipinski definition) is 7. The van der Waals surface area contributed by atoms with Gasteiger partial charge in [-0.3, -0.25) is 9.89 Å². The molecular formula is C27H29N7O2S. The molecule has 0 unspecified atom stereocenters. The van der Waals surface area contributed by atoms with Crippen LogP contribution in [0.2, 0.25) is 0 Å². The smallest absolute Gasteiger partial charge is 0.237 e. The van der Waals surface area contributed by atoms with E-state index in [2.05, 4.69) is 15.5 Å². The fourth-order valence-corrected chi connectivity index (χ4v) is 5.25. The van der Waals surface area contributed by atoms with E-state index in [-0.39, 0.29) is 11.2 Å². The van der Waals surface area contributed by atoms with Crippen LogP contribution in [0.1, 0.15) is 36.1 Å². The maximum atomic E-state index is 13.2. The summed E-state index contributed by atoms with van der Waals surface area (Å²) in [6.45, 7) is 6.02. The molecule has 0 fully saturated rings. The molecule has 0 saturated heterocycles. The average Bonchev–Trinajstić information content (AvgIpc) is 3.49. The van der Waals surface area contributed by atoms with E-state index in [0.717, 1.165) is 45.9 Å². The zero-order valence-electron chi connectivity index (χ0n) is 21.3. The van der Waals surface area contributed by atoms with Crippen LogP contribution < -0.4 is 10.1 Å². The molecule has 10 heteroatoms. The van der Waals surface area contributed by atoms with Crippen molar-refractivity contribution in [3.05, 3.63) is 71.3 Å². The maximum absolute atomic E-state index is 13.2. The molecule has 0 aliphatic heterocycles. The maximum Gasteiger partial charge on any atom is 0.237 e. The molecule has 0 radical (unpaired) electrons. The lowest BCUT2D eigenvalue weighted by atomic mass is 10.1. The molecule has 5 rings (SSSR count). The van der Waals surface area contributed by atoms with E-state index in [4.69, 9.17) is 19.8 Å². The van der Waals surface area contributed by atoms with Gasteiger partial charge in [0.25, 0.3) is 0 Å². The summed E-state index contributed by atoms with van der Waals surface area (Å²) in [7, 11) is 1.61. The molecule has 0 aliphatic carbocycles. The molecule has 5 aromatic rings. The SMILES string of the molecule is CC[C@@H](Sc1nc2ccccc2c2nc(CCc3c(C)n[nH]c3C)nn12)C(=O)Nc1ccc(OC)cc1. The molecule has 3 aromatic heterocycles. The summed E-state index contributed by atoms with van der Waals surface area (Å²) >= 11 is 1.40. The number of aryl methyl sites for hydroxylation is 3. The van der Waals surface area contributed by atoms with Gasteiger partial charge in [0.2, 0.25) is 5.91 Å². The van der Waals surface area contributed by atoms with Crippen molar-refractivity contribution in [2.45, 2.75) is 50.4 Å². The number of methoxy groups -OCH3 is 1. The van der Waals surface area contributed by atoms with Gasteiger partial charge in [-0.2, -0.15) is 9.61 Å². The van der Waals surface area contributed by atoms with E-state index in [1.54, 1.807) is 11.6 Å². The van der Waals surface area contributed by atoms with Crippen LogP contribution in [-0.2, 0) is 17.6 Å². The third kappa shape index (κ3) is 5.15. The van der Waals surface area contributed by atoms with Crippen LogP contribution in [0.3, 0.4) is 0 Å². The van der Waals surface area contributed by atoms with E-state index >= 15 is 0 Å². The highest BCUT2D eigenvalue weighted by molar-refractivity contribution is 8.00. The van der Waals surface area contributed by atoms with Crippen molar-refractivity contribution in [2.75, 3.05) is 12.4 Å². The Bertz CT molecular complexity index is 1540. The molecule has 3 heterocycles. The standard InChI is InChI=1S/C27H29N7O2S/c1-5-23(26(35)28-18-10-12-19(36-4)13-11-18)37-27-29-22-9-7-6-8-21(22)25-30-24(33-34(25)27)15-14-20-16(2)31-32-17(20)3/h6-13,23H,5,14-15H2,1-4H3,(H,28,35)(H,31,32)/t23-/m1/s1. The number of carbonyl (C=O) groups excluding carboxylic acids is 1. The minimum absolute atomic E-state index is 0.0907. The van der Waals surface area contributed by atoms with Gasteiger partial charge in [-0.1, -0.05) is 30.8 Å². The van der Waals surface area contributed by atoms with Crippen LogP contribution in [0, 0.1) is 13.8 Å². The molecule has 1 amide bonds. The second kappa shape index (κ2) is 10.6. The zero-order chi connectivity index (χ0) is 25.9. The Kier molecular flexibility index (Phi) is 7.09. The molecule has 0 spiro atoms. The second-order valence-corrected chi connectivity index (χ2v) is 9.99. The Morgan fingerprint density at radius 3 is 2.59 bits per heavy atom. The summed E-state index contributed by atoms with van der Waals surface area (Å²) < 4.78 is 6.98. The molecule has 0 saturated carbocycles. The molecule has 0 aliphatic rings. The number of benzene rings is 2. The Labute approximate surface area is 219 Å². The quantitative estimate of drug-likeness (QED) is 0.212.